The summed E-state index contributed by atoms with van der Waals surface area (Å²) in [4.78, 5) is 12.6. The number of hydrogen-bond donors (Lipinski definition) is 3. The molecule has 26 heavy (non-hydrogen) atoms. The number of nitrogens with zero attached hydrogens (tertiary/aromatic N) is 4. The van der Waals surface area contributed by atoms with Crippen LogP contribution < -0.4 is 10.6 Å². The number of aromatic nitrogens is 4. The zero-order valence-corrected chi connectivity index (χ0v) is 14.4. The lowest BCUT2D eigenvalue weighted by molar-refractivity contribution is 0.166. The van der Waals surface area contributed by atoms with Gasteiger partial charge in [0.1, 0.15) is 18.0 Å². The molecule has 1 saturated carbocycles. The van der Waals surface area contributed by atoms with Crippen LogP contribution in [-0.4, -0.2) is 36.8 Å². The van der Waals surface area contributed by atoms with Crippen LogP contribution in [0.2, 0.25) is 0 Å². The average Bonchev–Trinajstić information content (AvgIpc) is 3.27. The van der Waals surface area contributed by atoms with Gasteiger partial charge in [-0.2, -0.15) is 0 Å². The highest BCUT2D eigenvalue weighted by Crippen LogP contribution is 2.30. The molecule has 7 heteroatoms. The maximum Gasteiger partial charge on any atom is 0.135 e. The fourth-order valence-corrected chi connectivity index (χ4v) is 3.48. The molecule has 7 nitrogen and oxygen atoms in total. The molecule has 0 spiro atoms. The molecular weight excluding hydrogens is 328 g/mol. The third kappa shape index (κ3) is 4.00. The topological polar surface area (TPSA) is 87.9 Å². The van der Waals surface area contributed by atoms with E-state index in [1.807, 2.05) is 48.9 Å². The van der Waals surface area contributed by atoms with E-state index in [0.29, 0.717) is 11.7 Å². The summed E-state index contributed by atoms with van der Waals surface area (Å²) in [7, 11) is 0. The van der Waals surface area contributed by atoms with Crippen molar-refractivity contribution in [3.8, 4) is 0 Å². The Morgan fingerprint density at radius 2 is 1.96 bits per heavy atom. The SMILES string of the molecule is O[C@@H]1CC(Cn2ccnc2)C[C@H]1Nc1cc(Nc2ccccc2)ncn1. The number of para-hydroxylation sites is 1. The second-order valence-corrected chi connectivity index (χ2v) is 6.69. The van der Waals surface area contributed by atoms with Crippen LogP contribution in [0, 0.1) is 5.92 Å². The van der Waals surface area contributed by atoms with Crippen LogP contribution in [0.1, 0.15) is 12.8 Å². The molecule has 0 aliphatic heterocycles. The van der Waals surface area contributed by atoms with Gasteiger partial charge in [-0.15, -0.1) is 0 Å². The van der Waals surface area contributed by atoms with Gasteiger partial charge in [-0.25, -0.2) is 15.0 Å². The second-order valence-electron chi connectivity index (χ2n) is 6.69. The highest BCUT2D eigenvalue weighted by molar-refractivity contribution is 5.58. The minimum Gasteiger partial charge on any atom is -0.391 e. The standard InChI is InChI=1S/C19H22N6O/c26-17-9-14(11-25-7-6-20-13-25)8-16(17)24-19-10-18(21-12-22-19)23-15-4-2-1-3-5-15/h1-7,10,12-14,16-17,26H,8-9,11H2,(H2,21,22,23,24)/t14?,16-,17-/m1/s1. The van der Waals surface area contributed by atoms with E-state index in [1.54, 1.807) is 6.20 Å². The van der Waals surface area contributed by atoms with E-state index >= 15 is 0 Å². The first kappa shape index (κ1) is 16.5. The van der Waals surface area contributed by atoms with Gasteiger partial charge in [-0.1, -0.05) is 18.2 Å². The lowest BCUT2D eigenvalue weighted by Gasteiger charge is -2.17. The highest BCUT2D eigenvalue weighted by Gasteiger charge is 2.33. The zero-order valence-electron chi connectivity index (χ0n) is 14.4. The fraction of sp³-hybridized carbons (Fsp3) is 0.316. The molecule has 134 valence electrons. The Morgan fingerprint density at radius 1 is 1.12 bits per heavy atom. The molecular formula is C19H22N6O. The molecule has 0 radical (unpaired) electrons. The van der Waals surface area contributed by atoms with Crippen molar-refractivity contribution in [3.05, 3.63) is 61.4 Å². The van der Waals surface area contributed by atoms with Crippen molar-refractivity contribution in [1.29, 1.82) is 0 Å². The molecule has 1 aliphatic rings. The van der Waals surface area contributed by atoms with E-state index in [9.17, 15) is 5.11 Å². The molecule has 0 amide bonds. The largest absolute Gasteiger partial charge is 0.391 e. The van der Waals surface area contributed by atoms with Gasteiger partial charge in [0.25, 0.3) is 0 Å². The number of aliphatic hydroxyl groups is 1. The molecule has 1 fully saturated rings. The minimum absolute atomic E-state index is 0.0111. The van der Waals surface area contributed by atoms with Crippen molar-refractivity contribution < 1.29 is 5.11 Å². The summed E-state index contributed by atoms with van der Waals surface area (Å²) < 4.78 is 2.06. The second kappa shape index (κ2) is 7.53. The Labute approximate surface area is 152 Å². The van der Waals surface area contributed by atoms with Crippen molar-refractivity contribution in [2.75, 3.05) is 10.6 Å². The predicted molar refractivity (Wildman–Crippen MR) is 100 cm³/mol. The van der Waals surface area contributed by atoms with Crippen molar-refractivity contribution in [1.82, 2.24) is 19.5 Å². The van der Waals surface area contributed by atoms with E-state index in [-0.39, 0.29) is 12.1 Å². The van der Waals surface area contributed by atoms with E-state index in [4.69, 9.17) is 0 Å². The van der Waals surface area contributed by atoms with E-state index in [2.05, 4.69) is 30.2 Å². The Morgan fingerprint density at radius 3 is 2.77 bits per heavy atom. The fourth-order valence-electron chi connectivity index (χ4n) is 3.48. The van der Waals surface area contributed by atoms with Gasteiger partial charge in [0.05, 0.1) is 18.5 Å². The molecule has 1 unspecified atom stereocenters. The van der Waals surface area contributed by atoms with Crippen LogP contribution in [-0.2, 0) is 6.54 Å². The van der Waals surface area contributed by atoms with Gasteiger partial charge in [0, 0.05) is 30.7 Å². The van der Waals surface area contributed by atoms with Crippen LogP contribution in [0.3, 0.4) is 0 Å². The Bertz CT molecular complexity index is 823. The number of imidazole rings is 1. The molecule has 1 aliphatic carbocycles. The Kier molecular flexibility index (Phi) is 4.79. The van der Waals surface area contributed by atoms with Gasteiger partial charge >= 0.3 is 0 Å². The van der Waals surface area contributed by atoms with Crippen molar-refractivity contribution in [3.63, 3.8) is 0 Å². The lowest BCUT2D eigenvalue weighted by atomic mass is 10.1. The molecule has 3 N–H and O–H groups in total. The van der Waals surface area contributed by atoms with Gasteiger partial charge in [0.15, 0.2) is 0 Å². The zero-order chi connectivity index (χ0) is 17.8. The summed E-state index contributed by atoms with van der Waals surface area (Å²) in [5.41, 5.74) is 0.971. The quantitative estimate of drug-likeness (QED) is 0.633. The van der Waals surface area contributed by atoms with Gasteiger partial charge in [-0.3, -0.25) is 0 Å². The van der Waals surface area contributed by atoms with E-state index in [0.717, 1.165) is 30.9 Å². The molecule has 0 saturated heterocycles. The summed E-state index contributed by atoms with van der Waals surface area (Å²) in [6, 6.07) is 11.7. The molecule has 3 aromatic rings. The minimum atomic E-state index is -0.385. The van der Waals surface area contributed by atoms with Crippen molar-refractivity contribution >= 4 is 17.3 Å². The number of aliphatic hydroxyl groups excluding tert-OH is 1. The first-order valence-corrected chi connectivity index (χ1v) is 8.81. The Hall–Kier alpha value is -2.93. The average molecular weight is 350 g/mol. The summed E-state index contributed by atoms with van der Waals surface area (Å²) in [6.45, 7) is 0.875. The summed E-state index contributed by atoms with van der Waals surface area (Å²) >= 11 is 0. The van der Waals surface area contributed by atoms with Gasteiger partial charge in [-0.05, 0) is 30.9 Å². The van der Waals surface area contributed by atoms with Crippen molar-refractivity contribution in [2.45, 2.75) is 31.5 Å². The first-order chi connectivity index (χ1) is 12.8. The molecule has 0 bridgehead atoms. The molecule has 2 heterocycles. The van der Waals surface area contributed by atoms with Gasteiger partial charge < -0.3 is 20.3 Å². The van der Waals surface area contributed by atoms with Crippen LogP contribution >= 0.6 is 0 Å². The smallest absolute Gasteiger partial charge is 0.135 e. The maximum atomic E-state index is 10.4. The van der Waals surface area contributed by atoms with Crippen molar-refractivity contribution in [2.24, 2.45) is 5.92 Å². The van der Waals surface area contributed by atoms with Crippen LogP contribution in [0.4, 0.5) is 17.3 Å². The van der Waals surface area contributed by atoms with E-state index < -0.39 is 0 Å². The summed E-state index contributed by atoms with van der Waals surface area (Å²) in [6.07, 6.45) is 8.37. The maximum absolute atomic E-state index is 10.4. The van der Waals surface area contributed by atoms with Crippen LogP contribution in [0.5, 0.6) is 0 Å². The third-order valence-corrected chi connectivity index (χ3v) is 4.70. The number of nitrogens with one attached hydrogen (secondary N) is 2. The number of anilines is 3. The molecule has 2 aromatic heterocycles. The summed E-state index contributed by atoms with van der Waals surface area (Å²) in [5, 5.41) is 17.0. The van der Waals surface area contributed by atoms with Crippen LogP contribution in [0.25, 0.3) is 0 Å². The lowest BCUT2D eigenvalue weighted by Crippen LogP contribution is -2.28. The predicted octanol–water partition coefficient (Wildman–Crippen LogP) is 2.67. The monoisotopic (exact) mass is 350 g/mol. The van der Waals surface area contributed by atoms with Crippen LogP contribution in [0.15, 0.2) is 61.4 Å². The number of benzene rings is 1. The molecule has 1 aromatic carbocycles. The highest BCUT2D eigenvalue weighted by atomic mass is 16.3. The molecule has 4 rings (SSSR count). The van der Waals surface area contributed by atoms with E-state index in [1.165, 1.54) is 6.33 Å². The molecule has 3 atom stereocenters. The third-order valence-electron chi connectivity index (χ3n) is 4.70. The summed E-state index contributed by atoms with van der Waals surface area (Å²) in [5.74, 6) is 1.85. The number of hydrogen-bond acceptors (Lipinski definition) is 6. The Balaban J connectivity index is 1.38. The normalized spacial score (nSPS) is 22.3. The first-order valence-electron chi connectivity index (χ1n) is 8.81. The number of rotatable bonds is 6. The van der Waals surface area contributed by atoms with Gasteiger partial charge in [0.2, 0.25) is 0 Å².